The van der Waals surface area contributed by atoms with Crippen LogP contribution in [-0.2, 0) is 6.42 Å². The van der Waals surface area contributed by atoms with Crippen LogP contribution in [0.3, 0.4) is 0 Å². The fourth-order valence-corrected chi connectivity index (χ4v) is 1.80. The minimum absolute atomic E-state index is 0.471. The van der Waals surface area contributed by atoms with Crippen LogP contribution in [-0.4, -0.2) is 35.7 Å². The summed E-state index contributed by atoms with van der Waals surface area (Å²) in [6.45, 7) is 1.01. The van der Waals surface area contributed by atoms with E-state index in [1.165, 1.54) is 6.20 Å². The molecule has 74 valence electrons. The topological polar surface area (TPSA) is 56.6 Å². The molecule has 0 fully saturated rings. The quantitative estimate of drug-likeness (QED) is 0.568. The number of pyridine rings is 1. The van der Waals surface area contributed by atoms with Crippen LogP contribution in [0.25, 0.3) is 0 Å². The second kappa shape index (κ2) is 3.59. The molecule has 1 aliphatic rings. The van der Waals surface area contributed by atoms with Gasteiger partial charge in [0.2, 0.25) is 0 Å². The first-order valence-corrected chi connectivity index (χ1v) is 4.74. The summed E-state index contributed by atoms with van der Waals surface area (Å²) in [5.41, 5.74) is 1.57. The van der Waals surface area contributed by atoms with E-state index in [0.29, 0.717) is 5.46 Å². The number of aryl methyl sites for hydroxylation is 1. The van der Waals surface area contributed by atoms with Gasteiger partial charge in [0.15, 0.2) is 0 Å². The van der Waals surface area contributed by atoms with E-state index in [4.69, 9.17) is 10.0 Å². The van der Waals surface area contributed by atoms with Crippen LogP contribution in [0.1, 0.15) is 12.0 Å². The Morgan fingerprint density at radius 1 is 1.50 bits per heavy atom. The van der Waals surface area contributed by atoms with Crippen molar-refractivity contribution in [1.82, 2.24) is 4.98 Å². The maximum Gasteiger partial charge on any atom is 0.490 e. The van der Waals surface area contributed by atoms with Crippen LogP contribution in [0.2, 0.25) is 0 Å². The first-order chi connectivity index (χ1) is 6.68. The van der Waals surface area contributed by atoms with Gasteiger partial charge in [0.25, 0.3) is 0 Å². The van der Waals surface area contributed by atoms with Crippen LogP contribution in [0, 0.1) is 0 Å². The summed E-state index contributed by atoms with van der Waals surface area (Å²) in [5, 5.41) is 18.0. The highest BCUT2D eigenvalue weighted by molar-refractivity contribution is 6.58. The fourth-order valence-electron chi connectivity index (χ4n) is 1.80. The Kier molecular flexibility index (Phi) is 2.43. The van der Waals surface area contributed by atoms with Crippen molar-refractivity contribution in [2.45, 2.75) is 12.8 Å². The molecule has 5 heteroatoms. The molecule has 0 unspecified atom stereocenters. The second-order valence-corrected chi connectivity index (χ2v) is 3.65. The number of nitrogens with zero attached hydrogens (tertiary/aromatic N) is 2. The van der Waals surface area contributed by atoms with Gasteiger partial charge in [-0.2, -0.15) is 0 Å². The van der Waals surface area contributed by atoms with Crippen LogP contribution in [0.5, 0.6) is 0 Å². The van der Waals surface area contributed by atoms with Crippen molar-refractivity contribution in [1.29, 1.82) is 0 Å². The maximum atomic E-state index is 8.99. The predicted molar refractivity (Wildman–Crippen MR) is 55.7 cm³/mol. The number of hydrogen-bond donors (Lipinski definition) is 2. The molecule has 4 nitrogen and oxygen atoms in total. The van der Waals surface area contributed by atoms with Crippen LogP contribution < -0.4 is 10.4 Å². The van der Waals surface area contributed by atoms with E-state index < -0.39 is 7.12 Å². The number of rotatable bonds is 1. The summed E-state index contributed by atoms with van der Waals surface area (Å²) >= 11 is 0. The molecule has 0 amide bonds. The van der Waals surface area contributed by atoms with E-state index in [1.54, 1.807) is 0 Å². The summed E-state index contributed by atoms with van der Waals surface area (Å²) in [4.78, 5) is 6.32. The minimum atomic E-state index is -1.42. The number of hydrogen-bond acceptors (Lipinski definition) is 4. The van der Waals surface area contributed by atoms with Crippen molar-refractivity contribution in [2.75, 3.05) is 18.5 Å². The molecule has 1 aromatic rings. The van der Waals surface area contributed by atoms with Gasteiger partial charge in [-0.25, -0.2) is 4.98 Å². The minimum Gasteiger partial charge on any atom is -0.423 e. The first kappa shape index (κ1) is 9.49. The Bertz CT molecular complexity index is 344. The summed E-state index contributed by atoms with van der Waals surface area (Å²) < 4.78 is 0. The molecule has 2 heterocycles. The van der Waals surface area contributed by atoms with Crippen molar-refractivity contribution in [3.63, 3.8) is 0 Å². The Morgan fingerprint density at radius 2 is 2.29 bits per heavy atom. The second-order valence-electron chi connectivity index (χ2n) is 3.65. The molecule has 0 spiro atoms. The molecule has 0 aromatic carbocycles. The van der Waals surface area contributed by atoms with E-state index in [0.717, 1.165) is 30.8 Å². The van der Waals surface area contributed by atoms with E-state index in [9.17, 15) is 0 Å². The average Bonchev–Trinajstić information content (AvgIpc) is 2.17. The van der Waals surface area contributed by atoms with Gasteiger partial charge in [-0.15, -0.1) is 0 Å². The van der Waals surface area contributed by atoms with Crippen LogP contribution >= 0.6 is 0 Å². The van der Waals surface area contributed by atoms with Gasteiger partial charge in [-0.3, -0.25) is 0 Å². The monoisotopic (exact) mass is 192 g/mol. The molecular formula is C9H13BN2O2. The molecule has 1 aliphatic heterocycles. The van der Waals surface area contributed by atoms with Gasteiger partial charge in [-0.05, 0) is 18.4 Å². The zero-order valence-electron chi connectivity index (χ0n) is 8.14. The summed E-state index contributed by atoms with van der Waals surface area (Å²) in [5.74, 6) is 0.959. The largest absolute Gasteiger partial charge is 0.490 e. The molecule has 0 atom stereocenters. The van der Waals surface area contributed by atoms with E-state index in [1.807, 2.05) is 13.1 Å². The smallest absolute Gasteiger partial charge is 0.423 e. The average molecular weight is 192 g/mol. The van der Waals surface area contributed by atoms with Crippen molar-refractivity contribution in [3.8, 4) is 0 Å². The molecule has 0 radical (unpaired) electrons. The standard InChI is InChI=1S/C9H13BN2O2/c1-12-4-2-3-7-5-8(10(13)14)6-11-9(7)12/h5-6,13-14H,2-4H2,1H3. The molecular weight excluding hydrogens is 179 g/mol. The predicted octanol–water partition coefficient (Wildman–Crippen LogP) is -0.856. The van der Waals surface area contributed by atoms with Crippen LogP contribution in [0.15, 0.2) is 12.3 Å². The molecule has 2 N–H and O–H groups in total. The Hall–Kier alpha value is -1.07. The van der Waals surface area contributed by atoms with Crippen molar-refractivity contribution >= 4 is 18.4 Å². The van der Waals surface area contributed by atoms with E-state index >= 15 is 0 Å². The third kappa shape index (κ3) is 1.60. The fraction of sp³-hybridized carbons (Fsp3) is 0.444. The Labute approximate surface area is 83.3 Å². The van der Waals surface area contributed by atoms with Gasteiger partial charge in [0, 0.05) is 25.3 Å². The number of aromatic nitrogens is 1. The molecule has 14 heavy (non-hydrogen) atoms. The molecule has 0 aliphatic carbocycles. The van der Waals surface area contributed by atoms with Crippen LogP contribution in [0.4, 0.5) is 5.82 Å². The van der Waals surface area contributed by atoms with Crippen molar-refractivity contribution < 1.29 is 10.0 Å². The number of anilines is 1. The lowest BCUT2D eigenvalue weighted by Gasteiger charge is -2.26. The number of fused-ring (bicyclic) bond motifs is 1. The SMILES string of the molecule is CN1CCCc2cc(B(O)O)cnc21. The third-order valence-corrected chi connectivity index (χ3v) is 2.56. The molecule has 1 aromatic heterocycles. The molecule has 0 bridgehead atoms. The van der Waals surface area contributed by atoms with E-state index in [2.05, 4.69) is 9.88 Å². The van der Waals surface area contributed by atoms with Gasteiger partial charge in [-0.1, -0.05) is 6.07 Å². The van der Waals surface area contributed by atoms with Gasteiger partial charge in [0.05, 0.1) is 0 Å². The summed E-state index contributed by atoms with van der Waals surface area (Å²) in [6.07, 6.45) is 3.58. The van der Waals surface area contributed by atoms with Gasteiger partial charge in [0.1, 0.15) is 5.82 Å². The first-order valence-electron chi connectivity index (χ1n) is 4.74. The lowest BCUT2D eigenvalue weighted by Crippen LogP contribution is -2.33. The molecule has 2 rings (SSSR count). The van der Waals surface area contributed by atoms with Gasteiger partial charge < -0.3 is 14.9 Å². The third-order valence-electron chi connectivity index (χ3n) is 2.56. The Morgan fingerprint density at radius 3 is 3.00 bits per heavy atom. The zero-order valence-corrected chi connectivity index (χ0v) is 8.14. The zero-order chi connectivity index (χ0) is 10.1. The van der Waals surface area contributed by atoms with Gasteiger partial charge >= 0.3 is 7.12 Å². The molecule has 0 saturated heterocycles. The highest BCUT2D eigenvalue weighted by Crippen LogP contribution is 2.21. The van der Waals surface area contributed by atoms with E-state index in [-0.39, 0.29) is 0 Å². The van der Waals surface area contributed by atoms with Crippen molar-refractivity contribution in [2.24, 2.45) is 0 Å². The lowest BCUT2D eigenvalue weighted by molar-refractivity contribution is 0.425. The normalized spacial score (nSPS) is 15.2. The lowest BCUT2D eigenvalue weighted by atomic mass is 9.80. The Balaban J connectivity index is 2.39. The highest BCUT2D eigenvalue weighted by Gasteiger charge is 2.18. The molecule has 0 saturated carbocycles. The maximum absolute atomic E-state index is 8.99. The summed E-state index contributed by atoms with van der Waals surface area (Å²) in [6, 6.07) is 1.82. The summed E-state index contributed by atoms with van der Waals surface area (Å²) in [7, 11) is 0.583. The highest BCUT2D eigenvalue weighted by atomic mass is 16.4. The van der Waals surface area contributed by atoms with Crippen molar-refractivity contribution in [3.05, 3.63) is 17.8 Å².